The molecule has 0 atom stereocenters. The maximum Gasteiger partial charge on any atom is 0.0780 e. The molecule has 2 heterocycles. The Kier molecular flexibility index (Phi) is 5.00. The molecule has 1 aromatic rings. The molecule has 4 heteroatoms. The van der Waals surface area contributed by atoms with Crippen LogP contribution >= 0.6 is 0 Å². The molecule has 0 bridgehead atoms. The summed E-state index contributed by atoms with van der Waals surface area (Å²) in [5.74, 6) is 0.452. The Morgan fingerprint density at radius 1 is 1.30 bits per heavy atom. The van der Waals surface area contributed by atoms with Gasteiger partial charge in [0.2, 0.25) is 0 Å². The van der Waals surface area contributed by atoms with Gasteiger partial charge in [-0.1, -0.05) is 13.8 Å². The number of hydrogen-bond donors (Lipinski definition) is 1. The molecule has 0 aliphatic carbocycles. The van der Waals surface area contributed by atoms with Crippen molar-refractivity contribution in [2.45, 2.75) is 45.3 Å². The van der Waals surface area contributed by atoms with Crippen molar-refractivity contribution in [1.29, 1.82) is 0 Å². The highest BCUT2D eigenvalue weighted by Crippen LogP contribution is 2.26. The van der Waals surface area contributed by atoms with E-state index in [0.717, 1.165) is 43.9 Å². The maximum atomic E-state index is 9.65. The van der Waals surface area contributed by atoms with E-state index in [1.165, 1.54) is 5.69 Å². The Hall–Kier alpha value is -1.13. The van der Waals surface area contributed by atoms with Crippen LogP contribution in [0, 0.1) is 0 Å². The number of hydrogen-bond acceptors (Lipinski definition) is 4. The largest absolute Gasteiger partial charge is 0.393 e. The molecule has 2 rings (SSSR count). The van der Waals surface area contributed by atoms with Crippen LogP contribution in [0.4, 0.5) is 5.69 Å². The van der Waals surface area contributed by atoms with Crippen molar-refractivity contribution in [2.75, 3.05) is 32.1 Å². The van der Waals surface area contributed by atoms with Gasteiger partial charge in [-0.05, 0) is 45.0 Å². The minimum atomic E-state index is -0.133. The van der Waals surface area contributed by atoms with Crippen LogP contribution < -0.4 is 4.90 Å². The standard InChI is InChI=1S/C16H27N3O/c1-12(2)14-5-6-16(15(17-14)11-18(3)4)19-9-7-13(20)8-10-19/h5-6,12-13,20H,7-11H2,1-4H3. The van der Waals surface area contributed by atoms with E-state index < -0.39 is 0 Å². The molecule has 1 fully saturated rings. The van der Waals surface area contributed by atoms with Crippen LogP contribution in [0.2, 0.25) is 0 Å². The quantitative estimate of drug-likeness (QED) is 0.916. The smallest absolute Gasteiger partial charge is 0.0780 e. The normalized spacial score (nSPS) is 17.2. The van der Waals surface area contributed by atoms with Crippen molar-refractivity contribution in [3.05, 3.63) is 23.5 Å². The van der Waals surface area contributed by atoms with Crippen molar-refractivity contribution < 1.29 is 5.11 Å². The van der Waals surface area contributed by atoms with Gasteiger partial charge in [-0.2, -0.15) is 0 Å². The zero-order valence-corrected chi connectivity index (χ0v) is 13.1. The van der Waals surface area contributed by atoms with E-state index in [1.807, 2.05) is 0 Å². The first kappa shape index (κ1) is 15.3. The number of pyridine rings is 1. The number of anilines is 1. The van der Waals surface area contributed by atoms with Crippen molar-refractivity contribution >= 4 is 5.69 Å². The van der Waals surface area contributed by atoms with Gasteiger partial charge in [0.25, 0.3) is 0 Å². The van der Waals surface area contributed by atoms with Crippen LogP contribution in [-0.4, -0.2) is 48.3 Å². The van der Waals surface area contributed by atoms with Crippen LogP contribution in [0.15, 0.2) is 12.1 Å². The van der Waals surface area contributed by atoms with Gasteiger partial charge in [-0.15, -0.1) is 0 Å². The monoisotopic (exact) mass is 277 g/mol. The van der Waals surface area contributed by atoms with Crippen molar-refractivity contribution in [2.24, 2.45) is 0 Å². The summed E-state index contributed by atoms with van der Waals surface area (Å²) >= 11 is 0. The van der Waals surface area contributed by atoms with E-state index in [-0.39, 0.29) is 6.10 Å². The van der Waals surface area contributed by atoms with Crippen LogP contribution in [0.1, 0.15) is 44.0 Å². The minimum absolute atomic E-state index is 0.133. The Bertz CT molecular complexity index is 437. The summed E-state index contributed by atoms with van der Waals surface area (Å²) < 4.78 is 0. The summed E-state index contributed by atoms with van der Waals surface area (Å²) in [6.45, 7) is 7.06. The summed E-state index contributed by atoms with van der Waals surface area (Å²) in [5.41, 5.74) is 3.54. The molecule has 1 aliphatic heterocycles. The zero-order valence-electron chi connectivity index (χ0n) is 13.1. The summed E-state index contributed by atoms with van der Waals surface area (Å²) in [7, 11) is 4.15. The molecule has 0 spiro atoms. The Labute approximate surface area is 122 Å². The second-order valence-corrected chi connectivity index (χ2v) is 6.31. The highest BCUT2D eigenvalue weighted by molar-refractivity contribution is 5.52. The van der Waals surface area contributed by atoms with Gasteiger partial charge in [-0.25, -0.2) is 0 Å². The first-order valence-corrected chi connectivity index (χ1v) is 7.55. The number of nitrogens with zero attached hydrogens (tertiary/aromatic N) is 3. The molecular formula is C16H27N3O. The highest BCUT2D eigenvalue weighted by Gasteiger charge is 2.20. The van der Waals surface area contributed by atoms with Crippen molar-refractivity contribution in [3.63, 3.8) is 0 Å². The number of piperidine rings is 1. The molecule has 4 nitrogen and oxygen atoms in total. The Morgan fingerprint density at radius 3 is 2.50 bits per heavy atom. The lowest BCUT2D eigenvalue weighted by molar-refractivity contribution is 0.145. The summed E-state index contributed by atoms with van der Waals surface area (Å²) in [6, 6.07) is 4.35. The van der Waals surface area contributed by atoms with Gasteiger partial charge in [0, 0.05) is 25.3 Å². The number of aliphatic hydroxyl groups is 1. The summed E-state index contributed by atoms with van der Waals surface area (Å²) in [5, 5.41) is 9.65. The van der Waals surface area contributed by atoms with E-state index in [9.17, 15) is 5.11 Å². The highest BCUT2D eigenvalue weighted by atomic mass is 16.3. The Balaban J connectivity index is 2.26. The second kappa shape index (κ2) is 6.55. The van der Waals surface area contributed by atoms with Crippen molar-refractivity contribution in [1.82, 2.24) is 9.88 Å². The van der Waals surface area contributed by atoms with Crippen LogP contribution in [0.3, 0.4) is 0 Å². The fourth-order valence-electron chi connectivity index (χ4n) is 2.64. The molecule has 1 aliphatic rings. The van der Waals surface area contributed by atoms with E-state index >= 15 is 0 Å². The first-order valence-electron chi connectivity index (χ1n) is 7.55. The zero-order chi connectivity index (χ0) is 14.7. The number of aliphatic hydroxyl groups excluding tert-OH is 1. The van der Waals surface area contributed by atoms with Crippen LogP contribution in [0.25, 0.3) is 0 Å². The van der Waals surface area contributed by atoms with E-state index in [2.05, 4.69) is 49.9 Å². The van der Waals surface area contributed by atoms with Gasteiger partial charge in [-0.3, -0.25) is 4.98 Å². The summed E-state index contributed by atoms with van der Waals surface area (Å²) in [6.07, 6.45) is 1.58. The molecule has 1 N–H and O–H groups in total. The molecule has 0 amide bonds. The lowest BCUT2D eigenvalue weighted by Crippen LogP contribution is -2.36. The molecule has 0 unspecified atom stereocenters. The molecule has 1 aromatic heterocycles. The molecule has 0 radical (unpaired) electrons. The van der Waals surface area contributed by atoms with Gasteiger partial charge < -0.3 is 14.9 Å². The average Bonchev–Trinajstić information content (AvgIpc) is 2.39. The SMILES string of the molecule is CC(C)c1ccc(N2CCC(O)CC2)c(CN(C)C)n1. The van der Waals surface area contributed by atoms with Crippen molar-refractivity contribution in [3.8, 4) is 0 Å². The average molecular weight is 277 g/mol. The third-order valence-electron chi connectivity index (χ3n) is 3.83. The lowest BCUT2D eigenvalue weighted by atomic mass is 10.0. The molecule has 20 heavy (non-hydrogen) atoms. The lowest BCUT2D eigenvalue weighted by Gasteiger charge is -2.33. The third-order valence-corrected chi connectivity index (χ3v) is 3.83. The second-order valence-electron chi connectivity index (χ2n) is 6.31. The van der Waals surface area contributed by atoms with E-state index in [4.69, 9.17) is 4.98 Å². The van der Waals surface area contributed by atoms with Crippen LogP contribution in [0.5, 0.6) is 0 Å². The minimum Gasteiger partial charge on any atom is -0.393 e. The Morgan fingerprint density at radius 2 is 1.95 bits per heavy atom. The predicted molar refractivity (Wildman–Crippen MR) is 83.2 cm³/mol. The van der Waals surface area contributed by atoms with E-state index in [0.29, 0.717) is 5.92 Å². The molecule has 112 valence electrons. The predicted octanol–water partition coefficient (Wildman–Crippen LogP) is 2.23. The topological polar surface area (TPSA) is 39.6 Å². The molecular weight excluding hydrogens is 250 g/mol. The fourth-order valence-corrected chi connectivity index (χ4v) is 2.64. The first-order chi connectivity index (χ1) is 9.47. The van der Waals surface area contributed by atoms with Gasteiger partial charge in [0.1, 0.15) is 0 Å². The maximum absolute atomic E-state index is 9.65. The van der Waals surface area contributed by atoms with E-state index in [1.54, 1.807) is 0 Å². The molecule has 0 aromatic carbocycles. The fraction of sp³-hybridized carbons (Fsp3) is 0.688. The third kappa shape index (κ3) is 3.70. The summed E-state index contributed by atoms with van der Waals surface area (Å²) in [4.78, 5) is 9.39. The van der Waals surface area contributed by atoms with Crippen LogP contribution in [-0.2, 0) is 6.54 Å². The van der Waals surface area contributed by atoms with Gasteiger partial charge in [0.05, 0.1) is 17.5 Å². The number of rotatable bonds is 4. The van der Waals surface area contributed by atoms with Gasteiger partial charge >= 0.3 is 0 Å². The number of aromatic nitrogens is 1. The molecule has 1 saturated heterocycles. The molecule has 0 saturated carbocycles. The van der Waals surface area contributed by atoms with Gasteiger partial charge in [0.15, 0.2) is 0 Å².